The van der Waals surface area contributed by atoms with Crippen molar-refractivity contribution in [1.29, 1.82) is 0 Å². The zero-order valence-electron chi connectivity index (χ0n) is 11.8. The number of carbonyl (C=O) groups excluding carboxylic acids is 1. The van der Waals surface area contributed by atoms with Gasteiger partial charge in [-0.15, -0.1) is 0 Å². The molecule has 1 N–H and O–H groups in total. The van der Waals surface area contributed by atoms with E-state index in [-0.39, 0.29) is 11.7 Å². The van der Waals surface area contributed by atoms with Crippen LogP contribution in [0.3, 0.4) is 0 Å². The highest BCUT2D eigenvalue weighted by atomic mass is 19.4. The molecule has 0 bridgehead atoms. The Balaban J connectivity index is 2.06. The van der Waals surface area contributed by atoms with E-state index in [0.717, 1.165) is 5.69 Å². The van der Waals surface area contributed by atoms with Gasteiger partial charge in [0, 0.05) is 17.5 Å². The average molecular weight is 314 g/mol. The lowest BCUT2D eigenvalue weighted by Crippen LogP contribution is -2.30. The van der Waals surface area contributed by atoms with Crippen molar-refractivity contribution in [1.82, 2.24) is 20.4 Å². The molecular formula is C13H13F3N4O2. The Labute approximate surface area is 123 Å². The molecule has 2 aromatic heterocycles. The lowest BCUT2D eigenvalue weighted by Gasteiger charge is -2.10. The third kappa shape index (κ3) is 4.27. The number of hydrogen-bond donors (Lipinski definition) is 1. The summed E-state index contributed by atoms with van der Waals surface area (Å²) in [6.07, 6.45) is -4.53. The molecule has 0 radical (unpaired) electrons. The molecule has 1 amide bonds. The smallest absolute Gasteiger partial charge is 0.344 e. The molecule has 0 aliphatic rings. The van der Waals surface area contributed by atoms with E-state index >= 15 is 0 Å². The van der Waals surface area contributed by atoms with E-state index < -0.39 is 24.5 Å². The molecular weight excluding hydrogens is 301 g/mol. The molecule has 1 atom stereocenters. The number of aryl methyl sites for hydroxylation is 1. The largest absolute Gasteiger partial charge is 0.397 e. The van der Waals surface area contributed by atoms with E-state index in [1.54, 1.807) is 25.3 Å². The Morgan fingerprint density at radius 1 is 1.45 bits per heavy atom. The molecule has 9 heteroatoms. The highest BCUT2D eigenvalue weighted by Gasteiger charge is 2.32. The summed E-state index contributed by atoms with van der Waals surface area (Å²) < 4.78 is 41.3. The predicted molar refractivity (Wildman–Crippen MR) is 69.5 cm³/mol. The summed E-state index contributed by atoms with van der Waals surface area (Å²) in [6, 6.07) is 2.59. The quantitative estimate of drug-likeness (QED) is 0.938. The maximum absolute atomic E-state index is 12.1. The van der Waals surface area contributed by atoms with Gasteiger partial charge in [-0.05, 0) is 26.0 Å². The molecule has 2 heterocycles. The van der Waals surface area contributed by atoms with Crippen molar-refractivity contribution in [2.75, 3.05) is 0 Å². The lowest BCUT2D eigenvalue weighted by atomic mass is 10.2. The summed E-state index contributed by atoms with van der Waals surface area (Å²) in [6.45, 7) is 3.26. The maximum atomic E-state index is 12.1. The molecule has 118 valence electrons. The van der Waals surface area contributed by atoms with Crippen LogP contribution in [0.25, 0.3) is 11.4 Å². The van der Waals surface area contributed by atoms with Crippen molar-refractivity contribution < 1.29 is 22.5 Å². The topological polar surface area (TPSA) is 80.9 Å². The number of carbonyl (C=O) groups is 1. The SMILES string of the molecule is Cc1cc(-c2noc([C@H](C)NC(=O)CC(F)(F)F)n2)ccn1. The fourth-order valence-corrected chi connectivity index (χ4v) is 1.75. The zero-order valence-corrected chi connectivity index (χ0v) is 11.8. The Kier molecular flexibility index (Phi) is 4.43. The normalized spacial score (nSPS) is 13.0. The summed E-state index contributed by atoms with van der Waals surface area (Å²) in [5.74, 6) is -0.850. The number of alkyl halides is 3. The number of nitrogens with one attached hydrogen (secondary N) is 1. The van der Waals surface area contributed by atoms with Gasteiger partial charge in [0.25, 0.3) is 0 Å². The van der Waals surface area contributed by atoms with Crippen LogP contribution in [0.15, 0.2) is 22.9 Å². The fraction of sp³-hybridized carbons (Fsp3) is 0.385. The minimum atomic E-state index is -4.56. The number of rotatable bonds is 4. The van der Waals surface area contributed by atoms with Crippen molar-refractivity contribution in [3.63, 3.8) is 0 Å². The summed E-state index contributed by atoms with van der Waals surface area (Å²) in [7, 11) is 0. The zero-order chi connectivity index (χ0) is 16.3. The summed E-state index contributed by atoms with van der Waals surface area (Å²) in [5, 5.41) is 5.90. The Morgan fingerprint density at radius 2 is 2.18 bits per heavy atom. The summed E-state index contributed by atoms with van der Waals surface area (Å²) in [4.78, 5) is 19.3. The van der Waals surface area contributed by atoms with Crippen LogP contribution in [0.2, 0.25) is 0 Å². The van der Waals surface area contributed by atoms with Gasteiger partial charge in [-0.25, -0.2) is 0 Å². The predicted octanol–water partition coefficient (Wildman–Crippen LogP) is 2.57. The number of amides is 1. The molecule has 0 aromatic carbocycles. The third-order valence-corrected chi connectivity index (χ3v) is 2.71. The summed E-state index contributed by atoms with van der Waals surface area (Å²) >= 11 is 0. The first-order valence-corrected chi connectivity index (χ1v) is 6.37. The molecule has 0 aliphatic carbocycles. The molecule has 2 rings (SSSR count). The van der Waals surface area contributed by atoms with Crippen LogP contribution in [-0.4, -0.2) is 27.2 Å². The van der Waals surface area contributed by atoms with Gasteiger partial charge in [-0.1, -0.05) is 5.16 Å². The minimum absolute atomic E-state index is 0.0278. The monoisotopic (exact) mass is 314 g/mol. The van der Waals surface area contributed by atoms with Gasteiger partial charge in [0.1, 0.15) is 12.5 Å². The molecule has 22 heavy (non-hydrogen) atoms. The second-order valence-corrected chi connectivity index (χ2v) is 4.72. The maximum Gasteiger partial charge on any atom is 0.397 e. The standard InChI is InChI=1S/C13H13F3N4O2/c1-7-5-9(3-4-17-7)11-19-12(22-20-11)8(2)18-10(21)6-13(14,15)16/h3-5,8H,6H2,1-2H3,(H,18,21)/t8-/m0/s1. The van der Waals surface area contributed by atoms with Gasteiger partial charge in [-0.2, -0.15) is 18.2 Å². The van der Waals surface area contributed by atoms with E-state index in [4.69, 9.17) is 4.52 Å². The van der Waals surface area contributed by atoms with Crippen LogP contribution in [0.4, 0.5) is 13.2 Å². The average Bonchev–Trinajstić information content (AvgIpc) is 2.85. The highest BCUT2D eigenvalue weighted by molar-refractivity contribution is 5.76. The van der Waals surface area contributed by atoms with Crippen molar-refractivity contribution in [2.45, 2.75) is 32.5 Å². The number of pyridine rings is 1. The molecule has 0 fully saturated rings. The Morgan fingerprint density at radius 3 is 2.82 bits per heavy atom. The molecule has 0 spiro atoms. The first-order chi connectivity index (χ1) is 10.2. The van der Waals surface area contributed by atoms with Gasteiger partial charge in [-0.3, -0.25) is 9.78 Å². The minimum Gasteiger partial charge on any atom is -0.344 e. The summed E-state index contributed by atoms with van der Waals surface area (Å²) in [5.41, 5.74) is 1.42. The van der Waals surface area contributed by atoms with Crippen LogP contribution >= 0.6 is 0 Å². The highest BCUT2D eigenvalue weighted by Crippen LogP contribution is 2.21. The first-order valence-electron chi connectivity index (χ1n) is 6.37. The van der Waals surface area contributed by atoms with Crippen LogP contribution in [0.5, 0.6) is 0 Å². The van der Waals surface area contributed by atoms with E-state index in [1.165, 1.54) is 6.92 Å². The van der Waals surface area contributed by atoms with Gasteiger partial charge < -0.3 is 9.84 Å². The Hall–Kier alpha value is -2.45. The molecule has 2 aromatic rings. The van der Waals surface area contributed by atoms with Crippen LogP contribution in [-0.2, 0) is 4.79 Å². The second-order valence-electron chi connectivity index (χ2n) is 4.72. The molecule has 0 saturated heterocycles. The van der Waals surface area contributed by atoms with Crippen LogP contribution in [0.1, 0.15) is 31.0 Å². The van der Waals surface area contributed by atoms with E-state index in [2.05, 4.69) is 20.4 Å². The molecule has 0 saturated carbocycles. The van der Waals surface area contributed by atoms with Gasteiger partial charge in [0.05, 0.1) is 0 Å². The second kappa shape index (κ2) is 6.12. The lowest BCUT2D eigenvalue weighted by molar-refractivity contribution is -0.154. The van der Waals surface area contributed by atoms with Crippen LogP contribution in [0, 0.1) is 6.92 Å². The van der Waals surface area contributed by atoms with Gasteiger partial charge in [0.15, 0.2) is 0 Å². The fourth-order valence-electron chi connectivity index (χ4n) is 1.75. The number of hydrogen-bond acceptors (Lipinski definition) is 5. The Bertz CT molecular complexity index is 669. The van der Waals surface area contributed by atoms with Crippen molar-refractivity contribution in [3.05, 3.63) is 29.9 Å². The molecule has 0 unspecified atom stereocenters. The third-order valence-electron chi connectivity index (χ3n) is 2.71. The van der Waals surface area contributed by atoms with Crippen molar-refractivity contribution >= 4 is 5.91 Å². The van der Waals surface area contributed by atoms with Gasteiger partial charge in [0.2, 0.25) is 17.6 Å². The van der Waals surface area contributed by atoms with E-state index in [9.17, 15) is 18.0 Å². The number of nitrogens with zero attached hydrogens (tertiary/aromatic N) is 3. The van der Waals surface area contributed by atoms with Crippen molar-refractivity contribution in [2.24, 2.45) is 0 Å². The van der Waals surface area contributed by atoms with Gasteiger partial charge >= 0.3 is 6.18 Å². The first kappa shape index (κ1) is 15.9. The van der Waals surface area contributed by atoms with E-state index in [0.29, 0.717) is 5.56 Å². The number of halogens is 3. The van der Waals surface area contributed by atoms with E-state index in [1.807, 2.05) is 0 Å². The molecule has 0 aliphatic heterocycles. The molecule has 6 nitrogen and oxygen atoms in total. The van der Waals surface area contributed by atoms with Crippen LogP contribution < -0.4 is 5.32 Å². The number of aromatic nitrogens is 3. The van der Waals surface area contributed by atoms with Crippen molar-refractivity contribution in [3.8, 4) is 11.4 Å².